The minimum Gasteiger partial charge on any atom is -0.374 e. The summed E-state index contributed by atoms with van der Waals surface area (Å²) in [6.45, 7) is 0. The van der Waals surface area contributed by atoms with Gasteiger partial charge in [-0.2, -0.15) is 13.2 Å². The number of pyridine rings is 1. The molecule has 0 saturated heterocycles. The molecule has 2 heterocycles. The molecule has 0 unspecified atom stereocenters. The van der Waals surface area contributed by atoms with Crippen LogP contribution in [0.1, 0.15) is 5.56 Å². The lowest BCUT2D eigenvalue weighted by Crippen LogP contribution is -2.05. The van der Waals surface area contributed by atoms with Gasteiger partial charge in [0, 0.05) is 6.20 Å². The van der Waals surface area contributed by atoms with Gasteiger partial charge >= 0.3 is 6.18 Å². The van der Waals surface area contributed by atoms with Crippen molar-refractivity contribution < 1.29 is 13.2 Å². The number of hydrogen-bond donors (Lipinski definition) is 1. The van der Waals surface area contributed by atoms with Crippen LogP contribution in [-0.2, 0) is 6.18 Å². The molecule has 0 atom stereocenters. The first kappa shape index (κ1) is 10.8. The van der Waals surface area contributed by atoms with E-state index in [0.717, 1.165) is 23.6 Å². The Morgan fingerprint density at radius 3 is 2.38 bits per heavy atom. The summed E-state index contributed by atoms with van der Waals surface area (Å²) in [6.07, 6.45) is -3.63. The van der Waals surface area contributed by atoms with E-state index in [1.807, 2.05) is 0 Å². The second-order valence-corrected chi connectivity index (χ2v) is 3.88. The number of halogens is 3. The Bertz CT molecular complexity index is 491. The van der Waals surface area contributed by atoms with Crippen LogP contribution < -0.4 is 5.73 Å². The highest BCUT2D eigenvalue weighted by atomic mass is 32.1. The van der Waals surface area contributed by atoms with Crippen LogP contribution in [0.25, 0.3) is 10.7 Å². The Kier molecular flexibility index (Phi) is 2.50. The number of aromatic nitrogens is 3. The molecule has 0 spiro atoms. The largest absolute Gasteiger partial charge is 0.417 e. The Morgan fingerprint density at radius 2 is 1.94 bits per heavy atom. The monoisotopic (exact) mass is 246 g/mol. The number of nitrogens with zero attached hydrogens (tertiary/aromatic N) is 3. The minimum atomic E-state index is -4.38. The van der Waals surface area contributed by atoms with Crippen molar-refractivity contribution in [1.82, 2.24) is 15.2 Å². The Balaban J connectivity index is 2.33. The number of rotatable bonds is 1. The number of nitrogens with two attached hydrogens (primary N) is 1. The van der Waals surface area contributed by atoms with Crippen LogP contribution in [0.2, 0.25) is 0 Å². The Labute approximate surface area is 92.0 Å². The summed E-state index contributed by atoms with van der Waals surface area (Å²) in [7, 11) is 0. The summed E-state index contributed by atoms with van der Waals surface area (Å²) in [6, 6.07) is 2.18. The van der Waals surface area contributed by atoms with Gasteiger partial charge in [0.1, 0.15) is 5.69 Å². The summed E-state index contributed by atoms with van der Waals surface area (Å²) in [5.74, 6) is 0. The Hall–Kier alpha value is -1.70. The number of anilines is 1. The molecule has 0 radical (unpaired) electrons. The van der Waals surface area contributed by atoms with Crippen molar-refractivity contribution in [1.29, 1.82) is 0 Å². The highest BCUT2D eigenvalue weighted by molar-refractivity contribution is 7.18. The van der Waals surface area contributed by atoms with Gasteiger partial charge in [0.05, 0.1) is 5.56 Å². The van der Waals surface area contributed by atoms with Crippen LogP contribution in [0.5, 0.6) is 0 Å². The Morgan fingerprint density at radius 1 is 1.19 bits per heavy atom. The molecule has 0 aliphatic rings. The summed E-state index contributed by atoms with van der Waals surface area (Å²) in [5.41, 5.74) is 4.88. The lowest BCUT2D eigenvalue weighted by Gasteiger charge is -2.05. The van der Waals surface area contributed by atoms with Crippen molar-refractivity contribution in [3.63, 3.8) is 0 Å². The zero-order chi connectivity index (χ0) is 11.8. The van der Waals surface area contributed by atoms with Gasteiger partial charge in [-0.25, -0.2) is 0 Å². The van der Waals surface area contributed by atoms with Crippen LogP contribution in [0.15, 0.2) is 18.3 Å². The van der Waals surface area contributed by atoms with E-state index in [9.17, 15) is 13.2 Å². The molecule has 84 valence electrons. The average Bonchev–Trinajstić information content (AvgIpc) is 2.64. The van der Waals surface area contributed by atoms with E-state index in [1.165, 1.54) is 6.07 Å². The smallest absolute Gasteiger partial charge is 0.374 e. The number of hydrogen-bond acceptors (Lipinski definition) is 5. The maximum Gasteiger partial charge on any atom is 0.417 e. The molecule has 2 aromatic rings. The summed E-state index contributed by atoms with van der Waals surface area (Å²) in [4.78, 5) is 3.66. The molecular formula is C8H5F3N4S. The van der Waals surface area contributed by atoms with Crippen LogP contribution in [0, 0.1) is 0 Å². The van der Waals surface area contributed by atoms with Gasteiger partial charge < -0.3 is 5.73 Å². The molecule has 0 saturated carbocycles. The van der Waals surface area contributed by atoms with Gasteiger partial charge in [-0.3, -0.25) is 4.98 Å². The summed E-state index contributed by atoms with van der Waals surface area (Å²) in [5, 5.41) is 7.87. The molecule has 0 fully saturated rings. The zero-order valence-corrected chi connectivity index (χ0v) is 8.51. The molecule has 2 aromatic heterocycles. The predicted octanol–water partition coefficient (Wildman–Crippen LogP) is 2.20. The van der Waals surface area contributed by atoms with Crippen molar-refractivity contribution in [2.75, 3.05) is 5.73 Å². The fraction of sp³-hybridized carbons (Fsp3) is 0.125. The predicted molar refractivity (Wildman–Crippen MR) is 52.6 cm³/mol. The maximum atomic E-state index is 12.2. The van der Waals surface area contributed by atoms with Gasteiger partial charge in [-0.05, 0) is 12.1 Å². The van der Waals surface area contributed by atoms with Crippen molar-refractivity contribution in [2.24, 2.45) is 0 Å². The second-order valence-electron chi connectivity index (χ2n) is 2.88. The zero-order valence-electron chi connectivity index (χ0n) is 7.69. The van der Waals surface area contributed by atoms with Gasteiger partial charge in [0.2, 0.25) is 5.13 Å². The third-order valence-corrected chi connectivity index (χ3v) is 2.53. The van der Waals surface area contributed by atoms with Crippen LogP contribution in [0.4, 0.5) is 18.3 Å². The summed E-state index contributed by atoms with van der Waals surface area (Å²) < 4.78 is 36.7. The molecule has 4 nitrogen and oxygen atoms in total. The lowest BCUT2D eigenvalue weighted by atomic mass is 10.2. The van der Waals surface area contributed by atoms with Crippen LogP contribution in [-0.4, -0.2) is 15.2 Å². The molecule has 0 bridgehead atoms. The maximum absolute atomic E-state index is 12.2. The van der Waals surface area contributed by atoms with Crippen LogP contribution in [0.3, 0.4) is 0 Å². The molecule has 2 rings (SSSR count). The van der Waals surface area contributed by atoms with E-state index in [-0.39, 0.29) is 5.13 Å². The SMILES string of the molecule is Nc1nnc(-c2ccc(C(F)(F)F)cn2)s1. The quantitative estimate of drug-likeness (QED) is 0.837. The molecule has 0 aliphatic heterocycles. The van der Waals surface area contributed by atoms with Gasteiger partial charge in [-0.1, -0.05) is 11.3 Å². The van der Waals surface area contributed by atoms with Crippen molar-refractivity contribution >= 4 is 16.5 Å². The van der Waals surface area contributed by atoms with Crippen molar-refractivity contribution in [2.45, 2.75) is 6.18 Å². The van der Waals surface area contributed by atoms with Crippen molar-refractivity contribution in [3.05, 3.63) is 23.9 Å². The van der Waals surface area contributed by atoms with E-state index >= 15 is 0 Å². The molecular weight excluding hydrogens is 241 g/mol. The number of nitrogen functional groups attached to an aromatic ring is 1. The second kappa shape index (κ2) is 3.71. The molecule has 0 aromatic carbocycles. The van der Waals surface area contributed by atoms with Gasteiger partial charge in [-0.15, -0.1) is 10.2 Å². The first-order chi connectivity index (χ1) is 7.47. The highest BCUT2D eigenvalue weighted by Crippen LogP contribution is 2.30. The summed E-state index contributed by atoms with van der Waals surface area (Å²) >= 11 is 1.07. The molecule has 2 N–H and O–H groups in total. The van der Waals surface area contributed by atoms with E-state index in [2.05, 4.69) is 15.2 Å². The van der Waals surface area contributed by atoms with E-state index < -0.39 is 11.7 Å². The van der Waals surface area contributed by atoms with Gasteiger partial charge in [0.15, 0.2) is 5.01 Å². The standard InChI is InChI=1S/C8H5F3N4S/c9-8(10,11)4-1-2-5(13-3-4)6-14-15-7(12)16-6/h1-3H,(H2,12,15). The van der Waals surface area contributed by atoms with Crippen LogP contribution >= 0.6 is 11.3 Å². The third kappa shape index (κ3) is 2.11. The molecule has 8 heteroatoms. The minimum absolute atomic E-state index is 0.247. The fourth-order valence-electron chi connectivity index (χ4n) is 1.03. The first-order valence-electron chi connectivity index (χ1n) is 4.09. The number of alkyl halides is 3. The third-order valence-electron chi connectivity index (χ3n) is 1.75. The molecule has 0 amide bonds. The van der Waals surface area contributed by atoms with E-state index in [0.29, 0.717) is 10.7 Å². The molecule has 16 heavy (non-hydrogen) atoms. The normalized spacial score (nSPS) is 11.7. The van der Waals surface area contributed by atoms with E-state index in [1.54, 1.807) is 0 Å². The topological polar surface area (TPSA) is 64.7 Å². The first-order valence-corrected chi connectivity index (χ1v) is 4.91. The highest BCUT2D eigenvalue weighted by Gasteiger charge is 2.30. The fourth-order valence-corrected chi connectivity index (χ4v) is 1.61. The molecule has 0 aliphatic carbocycles. The average molecular weight is 246 g/mol. The lowest BCUT2D eigenvalue weighted by molar-refractivity contribution is -0.137. The van der Waals surface area contributed by atoms with Crippen molar-refractivity contribution in [3.8, 4) is 10.7 Å². The van der Waals surface area contributed by atoms with Gasteiger partial charge in [0.25, 0.3) is 0 Å². The van der Waals surface area contributed by atoms with E-state index in [4.69, 9.17) is 5.73 Å².